The van der Waals surface area contributed by atoms with Gasteiger partial charge in [-0.2, -0.15) is 4.39 Å². The van der Waals surface area contributed by atoms with Crippen molar-refractivity contribution in [3.05, 3.63) is 132 Å². The number of aliphatic hydroxyl groups is 7. The van der Waals surface area contributed by atoms with E-state index in [9.17, 15) is 93.2 Å². The topological polar surface area (TPSA) is 474 Å². The van der Waals surface area contributed by atoms with Gasteiger partial charge in [0.1, 0.15) is 53.0 Å². The van der Waals surface area contributed by atoms with Crippen LogP contribution in [0.1, 0.15) is 154 Å². The van der Waals surface area contributed by atoms with Crippen molar-refractivity contribution < 1.29 is 113 Å². The number of nitrogens with two attached hydrogens (primary N) is 1. The summed E-state index contributed by atoms with van der Waals surface area (Å²) in [5.41, 5.74) is 0.921. The summed E-state index contributed by atoms with van der Waals surface area (Å²) in [6, 6.07) is 2.03. The van der Waals surface area contributed by atoms with E-state index in [2.05, 4.69) is 0 Å². The predicted molar refractivity (Wildman–Crippen MR) is 386 cm³/mol. The average Bonchev–Trinajstić information content (AvgIpc) is 0.688. The van der Waals surface area contributed by atoms with E-state index in [4.69, 9.17) is 29.4 Å². The lowest BCUT2D eigenvalue weighted by atomic mass is 9.55. The first-order chi connectivity index (χ1) is 49.8. The molecule has 9 rings (SSSR count). The third kappa shape index (κ3) is 19.2. The lowest BCUT2D eigenvalue weighted by molar-refractivity contribution is -0.265. The van der Waals surface area contributed by atoms with Crippen LogP contribution in [0.5, 0.6) is 5.75 Å². The van der Waals surface area contributed by atoms with Gasteiger partial charge in [-0.1, -0.05) is 90.1 Å². The number of carbonyl (C=O) groups excluding carboxylic acids is 8. The summed E-state index contributed by atoms with van der Waals surface area (Å²) < 4.78 is 41.3. The number of amides is 2. The molecule has 7 aliphatic rings. The minimum atomic E-state index is -2.89. The number of hydrogen-bond acceptors (Lipinski definition) is 24. The second-order valence-corrected chi connectivity index (χ2v) is 29.8. The number of esters is 1. The first-order valence-corrected chi connectivity index (χ1v) is 36.1. The number of benzene rings is 1. The van der Waals surface area contributed by atoms with Crippen LogP contribution in [-0.2, 0) is 57.2 Å². The number of aromatic amines is 2. The number of fused-ring (bicyclic) bond motifs is 6. The number of halogens is 1. The number of aliphatic hydroxyl groups excluding tert-OH is 5. The minimum absolute atomic E-state index is 0. The molecule has 1 saturated carbocycles. The number of piperidine rings is 1. The van der Waals surface area contributed by atoms with E-state index in [1.54, 1.807) is 65.1 Å². The standard InChI is InChI=1S/C51H79NO13.C22H24N2O8.C4H3FN2O2.H2O/c1-30-16-12-11-13-17-31(2)42(61-8)28-38-21-19-36(7)51(60,65-38)48(57)49(58)52-23-15-14-18-39(52)50(59)64-43(33(4)26-37-20-22-40(53)44(27-37)62-9)29-41(54)32(3)25-35(6)46(56)47(63-10)45(55)34(5)24-30;1-7-8-5-4-6-9(25)11(8)16(26)12-10(7)17(27)14-15(24(2)3)18(28)13(21(23)31)20(30)22(14,32)19(12)29;5-2-1-6-4(9)7-3(2)8;/h11-13,16-17,25,30,32-34,36-40,42-44,46-47,53,56,60H,14-15,18-24,26-29H2,1-10H3;4-7,10,14-15,17,25,27-29,32H,1-3H3,(H2,23,31);1H,(H2,6,7,8,9);1H2/b13-11+,16-12+,31-17+,35-25+;;;/t30-,32-,33-,34-,36-,37+,38+,39+,40-,42+,43+,44-,46-,47+,51-;7-,10+,14+,15-,17-,22-;;/m10../s1. The fourth-order valence-electron chi connectivity index (χ4n) is 16.1. The van der Waals surface area contributed by atoms with Crippen LogP contribution in [0, 0.1) is 53.2 Å². The number of hydrogen-bond donors (Lipinski definition) is 11. The van der Waals surface area contributed by atoms with E-state index in [1.807, 2.05) is 63.1 Å². The van der Waals surface area contributed by atoms with Crippen LogP contribution in [0.25, 0.3) is 0 Å². The van der Waals surface area contributed by atoms with Gasteiger partial charge in [0.05, 0.1) is 48.0 Å². The van der Waals surface area contributed by atoms with Crippen molar-refractivity contribution >= 4 is 46.7 Å². The molecule has 107 heavy (non-hydrogen) atoms. The molecule has 2 bridgehead atoms. The van der Waals surface area contributed by atoms with Gasteiger partial charge in [0, 0.05) is 76.2 Å². The number of likely N-dealkylation sites (N-methyl/N-ethyl adjacent to an activating group) is 1. The predicted octanol–water partition coefficient (Wildman–Crippen LogP) is 4.21. The number of H-pyrrole nitrogens is 2. The number of aromatic nitrogens is 2. The molecule has 592 valence electrons. The molecule has 4 heterocycles. The normalized spacial score (nSPS) is 35.6. The van der Waals surface area contributed by atoms with E-state index in [0.717, 1.165) is 12.0 Å². The van der Waals surface area contributed by atoms with Gasteiger partial charge in [-0.05, 0) is 139 Å². The molecule has 3 fully saturated rings. The second kappa shape index (κ2) is 37.4. The largest absolute Gasteiger partial charge is 0.510 e. The number of aromatic hydroxyl groups is 1. The summed E-state index contributed by atoms with van der Waals surface area (Å²) in [4.78, 5) is 136. The van der Waals surface area contributed by atoms with Crippen LogP contribution in [0.15, 0.2) is 104 Å². The van der Waals surface area contributed by atoms with Crippen molar-refractivity contribution in [2.45, 2.75) is 211 Å². The highest BCUT2D eigenvalue weighted by Gasteiger charge is 2.67. The summed E-state index contributed by atoms with van der Waals surface area (Å²) in [6.07, 6.45) is 10.3. The first kappa shape index (κ1) is 87.9. The van der Waals surface area contributed by atoms with Gasteiger partial charge in [-0.15, -0.1) is 0 Å². The van der Waals surface area contributed by atoms with E-state index in [0.29, 0.717) is 75.1 Å². The van der Waals surface area contributed by atoms with Gasteiger partial charge in [0.15, 0.2) is 17.2 Å². The Morgan fingerprint density at radius 3 is 2.14 bits per heavy atom. The van der Waals surface area contributed by atoms with Crippen LogP contribution >= 0.6 is 0 Å². The minimum Gasteiger partial charge on any atom is -0.510 e. The number of allylic oxidation sites excluding steroid dienone is 6. The molecule has 29 nitrogen and oxygen atoms in total. The molecule has 0 radical (unpaired) electrons. The smallest absolute Gasteiger partial charge is 0.329 e. The highest BCUT2D eigenvalue weighted by molar-refractivity contribution is 6.39. The third-order valence-electron chi connectivity index (χ3n) is 22.2. The Bertz CT molecular complexity index is 3910. The maximum atomic E-state index is 14.4. The molecular formula is C77H108FN5O24. The van der Waals surface area contributed by atoms with Gasteiger partial charge >= 0.3 is 11.7 Å². The Kier molecular flexibility index (Phi) is 30.7. The number of carbonyl (C=O) groups is 8. The number of cyclic esters (lactones) is 1. The molecule has 21 atom stereocenters. The number of Topliss-reactive ketones (excluding diaryl/α,β-unsaturated/α-hetero) is 5. The second-order valence-electron chi connectivity index (χ2n) is 29.8. The van der Waals surface area contributed by atoms with Crippen molar-refractivity contribution in [2.75, 3.05) is 42.0 Å². The summed E-state index contributed by atoms with van der Waals surface area (Å²) >= 11 is 0. The maximum absolute atomic E-state index is 14.4. The molecule has 2 amide bonds. The Hall–Kier alpha value is -8.01. The van der Waals surface area contributed by atoms with Crippen LogP contribution in [0.4, 0.5) is 4.39 Å². The zero-order valence-electron chi connectivity index (χ0n) is 63.0. The maximum Gasteiger partial charge on any atom is 0.329 e. The zero-order chi connectivity index (χ0) is 78.9. The number of primary amides is 1. The molecule has 1 aromatic heterocycles. The molecule has 2 saturated heterocycles. The monoisotopic (exact) mass is 1510 g/mol. The average molecular weight is 1510 g/mol. The van der Waals surface area contributed by atoms with E-state index in [-0.39, 0.29) is 71.6 Å². The van der Waals surface area contributed by atoms with Crippen molar-refractivity contribution in [1.82, 2.24) is 19.8 Å². The van der Waals surface area contributed by atoms with Crippen molar-refractivity contribution in [3.8, 4) is 5.75 Å². The number of phenols is 1. The molecule has 1 aromatic carbocycles. The van der Waals surface area contributed by atoms with Gasteiger partial charge in [-0.25, -0.2) is 9.59 Å². The Morgan fingerprint density at radius 2 is 1.52 bits per heavy atom. The highest BCUT2D eigenvalue weighted by Crippen LogP contribution is 2.55. The lowest BCUT2D eigenvalue weighted by Crippen LogP contribution is -2.68. The zero-order valence-corrected chi connectivity index (χ0v) is 63.0. The quantitative estimate of drug-likeness (QED) is 0.0763. The van der Waals surface area contributed by atoms with Gasteiger partial charge in [-0.3, -0.25) is 48.2 Å². The van der Waals surface area contributed by atoms with Crippen LogP contribution in [0.2, 0.25) is 0 Å². The fraction of sp³-hybridized carbons (Fsp3) is 0.610. The first-order valence-electron chi connectivity index (χ1n) is 36.1. The number of phenolic OH excluding ortho intramolecular Hbond substituents is 1. The van der Waals surface area contributed by atoms with E-state index < -0.39 is 177 Å². The summed E-state index contributed by atoms with van der Waals surface area (Å²) in [5, 5.41) is 88.9. The van der Waals surface area contributed by atoms with Crippen LogP contribution < -0.4 is 17.0 Å². The van der Waals surface area contributed by atoms with Crippen molar-refractivity contribution in [3.63, 3.8) is 0 Å². The SMILES string of the molecule is CO[C@H]1C[C@@H]2CC[C@@H](C)[C@@](O)(O2)C(=O)C(=O)N2CCCC[C@H]2C(=O)O[C@H]([C@H](C)C[C@@H]2CC[C@@H](O)[C@H](OC)C2)CC(=O)[C@H](C)/C=C(\C)[C@@H](O)[C@@H](OC)C(=O)[C@H](C)C[C@H](C)/C=C/C=C/C=C/1C.C[C@H]1c2cccc(O)c2C(=O)C2=C(O)[C@]3(O)C(=O)C(C(N)=O)=C(O)[C@@H](N(C)C)[C@@H]3[C@@H](O)[C@@H]21.O.O=c1[nH]cc(F)c(=O)[nH]1. The van der Waals surface area contributed by atoms with E-state index >= 15 is 0 Å². The molecule has 3 aliphatic heterocycles. The van der Waals surface area contributed by atoms with E-state index in [1.165, 1.54) is 37.1 Å². The molecule has 14 N–H and O–H groups in total. The third-order valence-corrected chi connectivity index (χ3v) is 22.2. The summed E-state index contributed by atoms with van der Waals surface area (Å²) in [7, 11) is 7.50. The molecule has 30 heteroatoms. The summed E-state index contributed by atoms with van der Waals surface area (Å²) in [6.45, 7) is 14.4. The molecule has 4 aliphatic carbocycles. The fourth-order valence-corrected chi connectivity index (χ4v) is 16.1. The summed E-state index contributed by atoms with van der Waals surface area (Å²) in [5.74, 6) is -17.8. The highest BCUT2D eigenvalue weighted by atomic mass is 19.1. The van der Waals surface area contributed by atoms with Gasteiger partial charge in [0.2, 0.25) is 17.4 Å². The lowest BCUT2D eigenvalue weighted by Gasteiger charge is -2.53. The Labute approximate surface area is 620 Å². The molecule has 2 aromatic rings. The number of ether oxygens (including phenoxy) is 5. The van der Waals surface area contributed by atoms with Gasteiger partial charge < -0.3 is 85.6 Å². The number of methoxy groups -OCH3 is 3. The number of rotatable bonds is 8. The van der Waals surface area contributed by atoms with Crippen molar-refractivity contribution in [1.29, 1.82) is 0 Å². The number of nitrogens with zero attached hydrogens (tertiary/aromatic N) is 2. The van der Waals surface area contributed by atoms with Crippen LogP contribution in [0.3, 0.4) is 0 Å². The number of ketones is 5. The number of nitrogens with one attached hydrogen (secondary N) is 2. The molecular weight excluding hydrogens is 1400 g/mol. The van der Waals surface area contributed by atoms with Gasteiger partial charge in [0.25, 0.3) is 23.2 Å². The molecule has 0 spiro atoms. The Balaban J connectivity index is 0.000000348. The van der Waals surface area contributed by atoms with Crippen LogP contribution in [-0.4, -0.2) is 227 Å². The Morgan fingerprint density at radius 1 is 0.841 bits per heavy atom. The molecule has 0 unspecified atom stereocenters. The van der Waals surface area contributed by atoms with Crippen molar-refractivity contribution in [2.24, 2.45) is 53.1 Å².